The monoisotopic (exact) mass is 396 g/mol. The second-order valence-corrected chi connectivity index (χ2v) is 6.29. The maximum Gasteiger partial charge on any atom is 0.354 e. The van der Waals surface area contributed by atoms with E-state index in [-0.39, 0.29) is 11.6 Å². The van der Waals surface area contributed by atoms with Crippen LogP contribution in [0.15, 0.2) is 53.7 Å². The molecule has 0 aliphatic carbocycles. The number of rotatable bonds is 7. The van der Waals surface area contributed by atoms with Crippen LogP contribution in [0, 0.1) is 6.92 Å². The molecule has 1 amide bonds. The van der Waals surface area contributed by atoms with E-state index in [1.807, 2.05) is 51.1 Å². The van der Waals surface area contributed by atoms with E-state index in [0.29, 0.717) is 36.7 Å². The zero-order valence-corrected chi connectivity index (χ0v) is 17.1. The highest BCUT2D eigenvalue weighted by Gasteiger charge is 2.07. The Kier molecular flexibility index (Phi) is 7.59. The van der Waals surface area contributed by atoms with E-state index in [1.54, 1.807) is 6.20 Å². The Morgan fingerprint density at radius 2 is 1.93 bits per heavy atom. The maximum atomic E-state index is 12.2. The van der Waals surface area contributed by atoms with Crippen molar-refractivity contribution in [2.75, 3.05) is 6.54 Å². The van der Waals surface area contributed by atoms with Crippen LogP contribution < -0.4 is 22.1 Å². The Balaban J connectivity index is 0.00000145. The second kappa shape index (κ2) is 10.1. The molecule has 8 nitrogen and oxygen atoms in total. The van der Waals surface area contributed by atoms with Crippen LogP contribution >= 0.6 is 0 Å². The lowest BCUT2D eigenvalue weighted by Crippen LogP contribution is -2.28. The van der Waals surface area contributed by atoms with Gasteiger partial charge in [0.2, 0.25) is 5.91 Å². The summed E-state index contributed by atoms with van der Waals surface area (Å²) in [4.78, 5) is 31.1. The highest BCUT2D eigenvalue weighted by atomic mass is 16.2. The van der Waals surface area contributed by atoms with Crippen molar-refractivity contribution in [3.8, 4) is 5.69 Å². The molecular formula is C21H28N6O2. The number of hydrogen-bond acceptors (Lipinski definition) is 5. The number of aromatic nitrogens is 3. The molecular weight excluding hydrogens is 368 g/mol. The first-order chi connectivity index (χ1) is 13.9. The summed E-state index contributed by atoms with van der Waals surface area (Å²) in [5, 5.41) is 6.51. The Hall–Kier alpha value is -3.55. The number of aryl methyl sites for hydroxylation is 1. The van der Waals surface area contributed by atoms with Crippen molar-refractivity contribution in [3.05, 3.63) is 70.7 Å². The van der Waals surface area contributed by atoms with E-state index in [0.717, 1.165) is 16.6 Å². The van der Waals surface area contributed by atoms with Gasteiger partial charge in [0.05, 0.1) is 11.5 Å². The number of nitrogens with zero attached hydrogens (tertiary/aromatic N) is 2. The van der Waals surface area contributed by atoms with Gasteiger partial charge in [-0.15, -0.1) is 0 Å². The van der Waals surface area contributed by atoms with E-state index >= 15 is 0 Å². The molecule has 0 atom stereocenters. The predicted molar refractivity (Wildman–Crippen MR) is 116 cm³/mol. The molecule has 0 aliphatic rings. The number of carbonyl (C=O) groups is 1. The van der Waals surface area contributed by atoms with E-state index in [2.05, 4.69) is 27.2 Å². The van der Waals surface area contributed by atoms with Crippen LogP contribution in [0.25, 0.3) is 16.7 Å². The summed E-state index contributed by atoms with van der Waals surface area (Å²) in [6.07, 6.45) is 2.08. The van der Waals surface area contributed by atoms with Gasteiger partial charge in [-0.3, -0.25) is 9.36 Å². The molecule has 0 radical (unpaired) electrons. The summed E-state index contributed by atoms with van der Waals surface area (Å²) in [5.41, 5.74) is 8.22. The molecule has 0 fully saturated rings. The SMILES string of the molecule is C=C(N)NCCC(=O)NCc1ccc(-n2cc3cc(C)[nH]c3nc2=O)cc1.CC. The van der Waals surface area contributed by atoms with Gasteiger partial charge in [-0.25, -0.2) is 4.79 Å². The molecule has 1 aromatic carbocycles. The number of amides is 1. The second-order valence-electron chi connectivity index (χ2n) is 6.29. The van der Waals surface area contributed by atoms with Crippen LogP contribution in [0.5, 0.6) is 0 Å². The lowest BCUT2D eigenvalue weighted by molar-refractivity contribution is -0.121. The Bertz CT molecular complexity index is 1030. The smallest absolute Gasteiger partial charge is 0.354 e. The maximum absolute atomic E-state index is 12.2. The molecule has 0 unspecified atom stereocenters. The van der Waals surface area contributed by atoms with Crippen LogP contribution in [0.2, 0.25) is 0 Å². The third-order valence-electron chi connectivity index (χ3n) is 4.05. The van der Waals surface area contributed by atoms with E-state index < -0.39 is 0 Å². The minimum absolute atomic E-state index is 0.0819. The topological polar surface area (TPSA) is 118 Å². The number of nitrogens with one attached hydrogen (secondary N) is 3. The molecule has 0 bridgehead atoms. The molecule has 3 rings (SSSR count). The number of hydrogen-bond donors (Lipinski definition) is 4. The Labute approximate surface area is 169 Å². The fourth-order valence-electron chi connectivity index (χ4n) is 2.72. The van der Waals surface area contributed by atoms with Crippen molar-refractivity contribution < 1.29 is 4.79 Å². The molecule has 29 heavy (non-hydrogen) atoms. The van der Waals surface area contributed by atoms with Crippen LogP contribution in [-0.2, 0) is 11.3 Å². The minimum atomic E-state index is -0.348. The standard InChI is InChI=1S/C19H22N6O2.C2H6/c1-12-9-15-11-25(19(27)24-18(15)23-12)16-5-3-14(4-6-16)10-22-17(26)7-8-21-13(2)20;1-2/h3-6,9,11,21H,2,7-8,10,20H2,1H3,(H,22,26)(H,23,24,27);1-2H3. The first-order valence-electron chi connectivity index (χ1n) is 9.55. The van der Waals surface area contributed by atoms with Crippen molar-refractivity contribution in [1.82, 2.24) is 25.2 Å². The number of H-pyrrole nitrogens is 1. The molecule has 8 heteroatoms. The summed E-state index contributed by atoms with van der Waals surface area (Å²) in [6, 6.07) is 9.34. The number of carbonyl (C=O) groups excluding carboxylic acids is 1. The first kappa shape index (κ1) is 21.7. The van der Waals surface area contributed by atoms with Crippen molar-refractivity contribution in [3.63, 3.8) is 0 Å². The van der Waals surface area contributed by atoms with Crippen LogP contribution in [0.4, 0.5) is 0 Å². The number of fused-ring (bicyclic) bond motifs is 1. The highest BCUT2D eigenvalue weighted by molar-refractivity contribution is 5.76. The number of aromatic amines is 1. The van der Waals surface area contributed by atoms with Crippen LogP contribution in [0.3, 0.4) is 0 Å². The first-order valence-corrected chi connectivity index (χ1v) is 9.55. The largest absolute Gasteiger partial charge is 0.386 e. The molecule has 2 aromatic heterocycles. The molecule has 154 valence electrons. The fourth-order valence-corrected chi connectivity index (χ4v) is 2.72. The van der Waals surface area contributed by atoms with E-state index in [9.17, 15) is 9.59 Å². The summed E-state index contributed by atoms with van der Waals surface area (Å²) in [6.45, 7) is 10.3. The average Bonchev–Trinajstić information content (AvgIpc) is 3.06. The van der Waals surface area contributed by atoms with Crippen molar-refractivity contribution in [2.24, 2.45) is 5.73 Å². The van der Waals surface area contributed by atoms with Crippen molar-refractivity contribution in [2.45, 2.75) is 33.7 Å². The normalized spacial score (nSPS) is 10.2. The van der Waals surface area contributed by atoms with E-state index in [4.69, 9.17) is 5.73 Å². The lowest BCUT2D eigenvalue weighted by atomic mass is 10.2. The van der Waals surface area contributed by atoms with E-state index in [1.165, 1.54) is 4.57 Å². The van der Waals surface area contributed by atoms with Gasteiger partial charge in [-0.2, -0.15) is 4.98 Å². The van der Waals surface area contributed by atoms with Crippen LogP contribution in [-0.4, -0.2) is 27.0 Å². The van der Waals surface area contributed by atoms with Crippen molar-refractivity contribution in [1.29, 1.82) is 0 Å². The van der Waals surface area contributed by atoms with Gasteiger partial charge < -0.3 is 21.4 Å². The fraction of sp³-hybridized carbons (Fsp3) is 0.286. The summed E-state index contributed by atoms with van der Waals surface area (Å²) >= 11 is 0. The average molecular weight is 396 g/mol. The molecule has 5 N–H and O–H groups in total. The third kappa shape index (κ3) is 5.97. The Morgan fingerprint density at radius 1 is 1.24 bits per heavy atom. The number of benzene rings is 1. The van der Waals surface area contributed by atoms with Gasteiger partial charge in [-0.05, 0) is 30.7 Å². The summed E-state index contributed by atoms with van der Waals surface area (Å²) in [5.74, 6) is 0.262. The predicted octanol–water partition coefficient (Wildman–Crippen LogP) is 2.07. The third-order valence-corrected chi connectivity index (χ3v) is 4.05. The summed E-state index contributed by atoms with van der Waals surface area (Å²) in [7, 11) is 0. The van der Waals surface area contributed by atoms with Gasteiger partial charge in [0, 0.05) is 36.8 Å². The van der Waals surface area contributed by atoms with Gasteiger partial charge in [-0.1, -0.05) is 32.6 Å². The van der Waals surface area contributed by atoms with Gasteiger partial charge >= 0.3 is 5.69 Å². The zero-order valence-electron chi connectivity index (χ0n) is 17.1. The zero-order chi connectivity index (χ0) is 21.4. The molecule has 0 spiro atoms. The lowest BCUT2D eigenvalue weighted by Gasteiger charge is -2.09. The van der Waals surface area contributed by atoms with Crippen molar-refractivity contribution >= 4 is 16.9 Å². The Morgan fingerprint density at radius 3 is 2.59 bits per heavy atom. The minimum Gasteiger partial charge on any atom is -0.386 e. The quantitative estimate of drug-likeness (QED) is 0.488. The molecule has 2 heterocycles. The van der Waals surface area contributed by atoms with Gasteiger partial charge in [0.15, 0.2) is 0 Å². The highest BCUT2D eigenvalue weighted by Crippen LogP contribution is 2.13. The van der Waals surface area contributed by atoms with Gasteiger partial charge in [0.25, 0.3) is 0 Å². The molecule has 3 aromatic rings. The number of nitrogens with two attached hydrogens (primary N) is 1. The molecule has 0 aliphatic heterocycles. The molecule has 0 saturated carbocycles. The van der Waals surface area contributed by atoms with Crippen LogP contribution in [0.1, 0.15) is 31.5 Å². The molecule has 0 saturated heterocycles. The summed E-state index contributed by atoms with van der Waals surface area (Å²) < 4.78 is 1.50. The van der Waals surface area contributed by atoms with Gasteiger partial charge in [0.1, 0.15) is 5.65 Å².